The van der Waals surface area contributed by atoms with Crippen LogP contribution in [0.25, 0.3) is 0 Å². The molecule has 1 spiro atoms. The molecule has 2 N–H and O–H groups in total. The van der Waals surface area contributed by atoms with Crippen LogP contribution in [-0.4, -0.2) is 22.1 Å². The van der Waals surface area contributed by atoms with Crippen LogP contribution in [0.1, 0.15) is 50.5 Å². The third-order valence-electron chi connectivity index (χ3n) is 6.97. The maximum Gasteiger partial charge on any atom is 0.307 e. The fourth-order valence-electron chi connectivity index (χ4n) is 6.16. The lowest BCUT2D eigenvalue weighted by atomic mass is 9.78. The van der Waals surface area contributed by atoms with E-state index in [1.807, 2.05) is 0 Å². The second-order valence-electron chi connectivity index (χ2n) is 8.13. The molecule has 0 radical (unpaired) electrons. The predicted octanol–water partition coefficient (Wildman–Crippen LogP) is 2.76. The van der Waals surface area contributed by atoms with Gasteiger partial charge in [-0.1, -0.05) is 24.9 Å². The summed E-state index contributed by atoms with van der Waals surface area (Å²) in [6.07, 6.45) is 5.37. The van der Waals surface area contributed by atoms with Gasteiger partial charge in [-0.05, 0) is 49.4 Å². The minimum atomic E-state index is -0.800. The number of carboxylic acid groups (broad SMARTS) is 1. The van der Waals surface area contributed by atoms with Gasteiger partial charge in [-0.25, -0.2) is 0 Å². The molecule has 0 aromatic carbocycles. The normalized spacial score (nSPS) is 38.2. The highest BCUT2D eigenvalue weighted by Crippen LogP contribution is 2.78. The largest absolute Gasteiger partial charge is 0.481 e. The number of carboxylic acids is 1. The first-order chi connectivity index (χ1) is 12.0. The van der Waals surface area contributed by atoms with Crippen molar-refractivity contribution in [2.45, 2.75) is 52.5 Å². The monoisotopic (exact) mass is 346 g/mol. The lowest BCUT2D eigenvalue weighted by Crippen LogP contribution is -2.41. The first-order valence-corrected chi connectivity index (χ1v) is 9.41. The number of carbonyl (C=O) groups is 2. The molecule has 3 fully saturated rings. The third kappa shape index (κ3) is 2.41. The number of aromatic nitrogens is 1. The van der Waals surface area contributed by atoms with Crippen molar-refractivity contribution in [3.8, 4) is 0 Å². The predicted molar refractivity (Wildman–Crippen MR) is 89.4 cm³/mol. The molecular formula is C19H26N2O4. The number of hydrogen-bond donors (Lipinski definition) is 2. The molecule has 0 saturated heterocycles. The van der Waals surface area contributed by atoms with Gasteiger partial charge in [0.15, 0.2) is 0 Å². The van der Waals surface area contributed by atoms with Gasteiger partial charge in [0, 0.05) is 6.07 Å². The molecule has 1 aromatic rings. The van der Waals surface area contributed by atoms with Crippen LogP contribution in [0.15, 0.2) is 10.6 Å². The van der Waals surface area contributed by atoms with Crippen molar-refractivity contribution in [3.05, 3.63) is 17.5 Å². The Kier molecular flexibility index (Phi) is 3.89. The molecule has 6 atom stereocenters. The molecule has 1 heterocycles. The molecule has 4 rings (SSSR count). The van der Waals surface area contributed by atoms with E-state index in [0.29, 0.717) is 23.9 Å². The summed E-state index contributed by atoms with van der Waals surface area (Å²) in [6, 6.07) is 1.79. The van der Waals surface area contributed by atoms with Gasteiger partial charge in [0.05, 0.1) is 18.4 Å². The van der Waals surface area contributed by atoms with Crippen molar-refractivity contribution in [3.63, 3.8) is 0 Å². The lowest BCUT2D eigenvalue weighted by molar-refractivity contribution is -0.149. The van der Waals surface area contributed by atoms with Gasteiger partial charge >= 0.3 is 5.97 Å². The summed E-state index contributed by atoms with van der Waals surface area (Å²) in [5.41, 5.74) is 0.803. The van der Waals surface area contributed by atoms with Gasteiger partial charge < -0.3 is 14.9 Å². The Bertz CT molecular complexity index is 699. The number of rotatable bonds is 6. The molecule has 136 valence electrons. The zero-order valence-corrected chi connectivity index (χ0v) is 14.8. The summed E-state index contributed by atoms with van der Waals surface area (Å²) in [6.45, 7) is 4.28. The smallest absolute Gasteiger partial charge is 0.307 e. The number of aliphatic carboxylic acids is 1. The Morgan fingerprint density at radius 3 is 2.68 bits per heavy atom. The maximum absolute atomic E-state index is 12.9. The van der Waals surface area contributed by atoms with Crippen LogP contribution in [0.4, 0.5) is 0 Å². The molecule has 3 saturated carbocycles. The topological polar surface area (TPSA) is 92.4 Å². The van der Waals surface area contributed by atoms with E-state index < -0.39 is 17.8 Å². The SMILES string of the molecule is CCCC1CC12[C@@H]1CC[C@H]2[C@@H](C(=O)NCc2cc(C)on2)[C@@H]1C(=O)O. The van der Waals surface area contributed by atoms with Crippen molar-refractivity contribution in [1.29, 1.82) is 0 Å². The van der Waals surface area contributed by atoms with Crippen molar-refractivity contribution >= 4 is 11.9 Å². The van der Waals surface area contributed by atoms with Crippen molar-refractivity contribution < 1.29 is 19.2 Å². The van der Waals surface area contributed by atoms with Crippen molar-refractivity contribution in [2.24, 2.45) is 35.0 Å². The molecule has 3 aliphatic carbocycles. The van der Waals surface area contributed by atoms with Crippen LogP contribution < -0.4 is 5.32 Å². The molecule has 1 aromatic heterocycles. The summed E-state index contributed by atoms with van der Waals surface area (Å²) in [5, 5.41) is 16.6. The van der Waals surface area contributed by atoms with E-state index in [-0.39, 0.29) is 23.2 Å². The summed E-state index contributed by atoms with van der Waals surface area (Å²) in [5.74, 6) is -0.121. The van der Waals surface area contributed by atoms with Crippen LogP contribution in [-0.2, 0) is 16.1 Å². The van der Waals surface area contributed by atoms with Gasteiger partial charge in [0.25, 0.3) is 0 Å². The highest BCUT2D eigenvalue weighted by molar-refractivity contribution is 5.86. The Hall–Kier alpha value is -1.85. The summed E-state index contributed by atoms with van der Waals surface area (Å²) in [7, 11) is 0. The first kappa shape index (κ1) is 16.6. The second-order valence-corrected chi connectivity index (χ2v) is 8.13. The average molecular weight is 346 g/mol. The number of nitrogens with zero attached hydrogens (tertiary/aromatic N) is 1. The van der Waals surface area contributed by atoms with Gasteiger partial charge in [0.1, 0.15) is 11.5 Å². The maximum atomic E-state index is 12.9. The van der Waals surface area contributed by atoms with Gasteiger partial charge in [-0.2, -0.15) is 0 Å². The van der Waals surface area contributed by atoms with Crippen molar-refractivity contribution in [1.82, 2.24) is 10.5 Å². The molecular weight excluding hydrogens is 320 g/mol. The summed E-state index contributed by atoms with van der Waals surface area (Å²) in [4.78, 5) is 24.8. The van der Waals surface area contributed by atoms with Crippen molar-refractivity contribution in [2.75, 3.05) is 0 Å². The Morgan fingerprint density at radius 1 is 1.36 bits per heavy atom. The van der Waals surface area contributed by atoms with E-state index in [2.05, 4.69) is 17.4 Å². The molecule has 6 nitrogen and oxygen atoms in total. The number of amides is 1. The average Bonchev–Trinajstić information content (AvgIpc) is 2.85. The van der Waals surface area contributed by atoms with E-state index in [4.69, 9.17) is 4.52 Å². The fraction of sp³-hybridized carbons (Fsp3) is 0.737. The number of aryl methyl sites for hydroxylation is 1. The van der Waals surface area contributed by atoms with E-state index in [0.717, 1.165) is 32.1 Å². The highest BCUT2D eigenvalue weighted by Gasteiger charge is 2.75. The number of nitrogens with one attached hydrogen (secondary N) is 1. The minimum Gasteiger partial charge on any atom is -0.481 e. The van der Waals surface area contributed by atoms with Crippen LogP contribution in [0.3, 0.4) is 0 Å². The van der Waals surface area contributed by atoms with E-state index >= 15 is 0 Å². The highest BCUT2D eigenvalue weighted by atomic mass is 16.5. The molecule has 0 aliphatic heterocycles. The molecule has 3 aliphatic rings. The number of hydrogen-bond acceptors (Lipinski definition) is 4. The molecule has 6 heteroatoms. The Balaban J connectivity index is 1.51. The van der Waals surface area contributed by atoms with E-state index in [1.54, 1.807) is 13.0 Å². The molecule has 1 amide bonds. The fourth-order valence-corrected chi connectivity index (χ4v) is 6.16. The molecule has 2 bridgehead atoms. The molecule has 2 unspecified atom stereocenters. The van der Waals surface area contributed by atoms with Crippen LogP contribution in [0, 0.1) is 41.9 Å². The van der Waals surface area contributed by atoms with E-state index in [1.165, 1.54) is 0 Å². The first-order valence-electron chi connectivity index (χ1n) is 9.41. The van der Waals surface area contributed by atoms with Gasteiger partial charge in [0.2, 0.25) is 5.91 Å². The van der Waals surface area contributed by atoms with Gasteiger partial charge in [-0.15, -0.1) is 0 Å². The Labute approximate surface area is 147 Å². The summed E-state index contributed by atoms with van der Waals surface area (Å²) >= 11 is 0. The van der Waals surface area contributed by atoms with Crippen LogP contribution >= 0.6 is 0 Å². The zero-order valence-electron chi connectivity index (χ0n) is 14.8. The third-order valence-corrected chi connectivity index (χ3v) is 6.97. The number of carbonyl (C=O) groups excluding carboxylic acids is 1. The second kappa shape index (κ2) is 5.85. The van der Waals surface area contributed by atoms with Crippen LogP contribution in [0.2, 0.25) is 0 Å². The lowest BCUT2D eigenvalue weighted by Gasteiger charge is -2.26. The van der Waals surface area contributed by atoms with E-state index in [9.17, 15) is 14.7 Å². The quantitative estimate of drug-likeness (QED) is 0.826. The summed E-state index contributed by atoms with van der Waals surface area (Å²) < 4.78 is 5.02. The Morgan fingerprint density at radius 2 is 2.08 bits per heavy atom. The zero-order chi connectivity index (χ0) is 17.8. The van der Waals surface area contributed by atoms with Gasteiger partial charge in [-0.3, -0.25) is 9.59 Å². The van der Waals surface area contributed by atoms with Crippen LogP contribution in [0.5, 0.6) is 0 Å². The molecule has 25 heavy (non-hydrogen) atoms. The standard InChI is InChI=1S/C19H26N2O4/c1-3-4-11-8-19(11)13-5-6-14(19)16(18(23)24)15(13)17(22)20-9-12-7-10(2)25-21-12/h7,11,13-16H,3-6,8-9H2,1-2H3,(H,20,22)(H,23,24)/t11?,13-,14+,15+,16+,19?/m0/s1. The minimum absolute atomic E-state index is 0.123.